The number of carbonyl (C=O) groups excluding carboxylic acids is 1. The summed E-state index contributed by atoms with van der Waals surface area (Å²) in [5.74, 6) is 0.148. The molecule has 0 unspecified atom stereocenters. The molecular formula is C21H25N3O2. The highest BCUT2D eigenvalue weighted by molar-refractivity contribution is 5.96. The molecule has 136 valence electrons. The molecule has 0 saturated carbocycles. The lowest BCUT2D eigenvalue weighted by molar-refractivity contribution is 0.0928. The minimum Gasteiger partial charge on any atom is -0.451 e. The lowest BCUT2D eigenvalue weighted by atomic mass is 10.2. The van der Waals surface area contributed by atoms with E-state index in [1.54, 1.807) is 6.07 Å². The SMILES string of the molecule is CC(C)NCCNC(=O)c1cc2cc(NCc3ccccc3)ccc2o1. The van der Waals surface area contributed by atoms with E-state index in [0.717, 1.165) is 24.2 Å². The molecule has 1 amide bonds. The molecule has 0 fully saturated rings. The van der Waals surface area contributed by atoms with Crippen molar-refractivity contribution in [1.29, 1.82) is 0 Å². The van der Waals surface area contributed by atoms with Crippen molar-refractivity contribution in [2.24, 2.45) is 0 Å². The smallest absolute Gasteiger partial charge is 0.287 e. The number of furan rings is 1. The minimum atomic E-state index is -0.189. The van der Waals surface area contributed by atoms with Crippen LogP contribution in [0.5, 0.6) is 0 Å². The number of rotatable bonds is 8. The van der Waals surface area contributed by atoms with Crippen molar-refractivity contribution < 1.29 is 9.21 Å². The predicted molar refractivity (Wildman–Crippen MR) is 105 cm³/mol. The van der Waals surface area contributed by atoms with Crippen LogP contribution < -0.4 is 16.0 Å². The topological polar surface area (TPSA) is 66.3 Å². The normalized spacial score (nSPS) is 11.0. The van der Waals surface area contributed by atoms with Crippen LogP contribution in [-0.4, -0.2) is 25.0 Å². The van der Waals surface area contributed by atoms with Crippen LogP contribution >= 0.6 is 0 Å². The molecule has 0 aliphatic heterocycles. The fourth-order valence-electron chi connectivity index (χ4n) is 2.69. The maximum atomic E-state index is 12.2. The van der Waals surface area contributed by atoms with E-state index >= 15 is 0 Å². The second-order valence-corrected chi connectivity index (χ2v) is 6.57. The highest BCUT2D eigenvalue weighted by atomic mass is 16.3. The summed E-state index contributed by atoms with van der Waals surface area (Å²) >= 11 is 0. The van der Waals surface area contributed by atoms with Gasteiger partial charge >= 0.3 is 0 Å². The second-order valence-electron chi connectivity index (χ2n) is 6.57. The van der Waals surface area contributed by atoms with E-state index in [-0.39, 0.29) is 5.91 Å². The summed E-state index contributed by atoms with van der Waals surface area (Å²) in [6.07, 6.45) is 0. The van der Waals surface area contributed by atoms with Crippen LogP contribution in [-0.2, 0) is 6.54 Å². The molecule has 0 saturated heterocycles. The van der Waals surface area contributed by atoms with Crippen molar-refractivity contribution in [2.75, 3.05) is 18.4 Å². The molecule has 3 aromatic rings. The lowest BCUT2D eigenvalue weighted by Gasteiger charge is -2.07. The zero-order valence-corrected chi connectivity index (χ0v) is 15.2. The van der Waals surface area contributed by atoms with Gasteiger partial charge in [-0.15, -0.1) is 0 Å². The molecule has 0 aliphatic rings. The quantitative estimate of drug-likeness (QED) is 0.541. The van der Waals surface area contributed by atoms with Gasteiger partial charge in [0.05, 0.1) is 0 Å². The molecule has 3 rings (SSSR count). The Balaban J connectivity index is 1.60. The monoisotopic (exact) mass is 351 g/mol. The van der Waals surface area contributed by atoms with Gasteiger partial charge in [0.2, 0.25) is 0 Å². The Bertz CT molecular complexity index is 856. The first-order valence-corrected chi connectivity index (χ1v) is 8.95. The second kappa shape index (κ2) is 8.54. The van der Waals surface area contributed by atoms with E-state index in [4.69, 9.17) is 4.42 Å². The number of fused-ring (bicyclic) bond motifs is 1. The Morgan fingerprint density at radius 2 is 1.85 bits per heavy atom. The minimum absolute atomic E-state index is 0.189. The highest BCUT2D eigenvalue weighted by Crippen LogP contribution is 2.23. The van der Waals surface area contributed by atoms with Gasteiger partial charge in [0.15, 0.2) is 5.76 Å². The third kappa shape index (κ3) is 4.86. The summed E-state index contributed by atoms with van der Waals surface area (Å²) in [6.45, 7) is 6.20. The predicted octanol–water partition coefficient (Wildman–Crippen LogP) is 3.77. The van der Waals surface area contributed by atoms with Crippen LogP contribution in [0.25, 0.3) is 11.0 Å². The van der Waals surface area contributed by atoms with Crippen LogP contribution in [0.15, 0.2) is 59.0 Å². The summed E-state index contributed by atoms with van der Waals surface area (Å²) < 4.78 is 5.67. The zero-order valence-electron chi connectivity index (χ0n) is 15.2. The first kappa shape index (κ1) is 18.0. The van der Waals surface area contributed by atoms with Gasteiger partial charge < -0.3 is 20.4 Å². The summed E-state index contributed by atoms with van der Waals surface area (Å²) in [7, 11) is 0. The standard InChI is InChI=1S/C21H25N3O2/c1-15(2)22-10-11-23-21(25)20-13-17-12-18(8-9-19(17)26-20)24-14-16-6-4-3-5-7-16/h3-9,12-13,15,22,24H,10-11,14H2,1-2H3,(H,23,25). The van der Waals surface area contributed by atoms with Crippen molar-refractivity contribution in [2.45, 2.75) is 26.4 Å². The maximum Gasteiger partial charge on any atom is 0.287 e. The summed E-state index contributed by atoms with van der Waals surface area (Å²) in [5, 5.41) is 10.4. The van der Waals surface area contributed by atoms with Gasteiger partial charge in [0.25, 0.3) is 5.91 Å². The molecule has 0 spiro atoms. The van der Waals surface area contributed by atoms with Crippen LogP contribution in [0.2, 0.25) is 0 Å². The molecule has 2 aromatic carbocycles. The van der Waals surface area contributed by atoms with Gasteiger partial charge in [-0.2, -0.15) is 0 Å². The number of amides is 1. The molecule has 0 aliphatic carbocycles. The van der Waals surface area contributed by atoms with Crippen LogP contribution in [0, 0.1) is 0 Å². The van der Waals surface area contributed by atoms with E-state index in [1.165, 1.54) is 5.56 Å². The number of benzene rings is 2. The Morgan fingerprint density at radius 1 is 1.04 bits per heavy atom. The molecule has 3 N–H and O–H groups in total. The Hall–Kier alpha value is -2.79. The molecule has 26 heavy (non-hydrogen) atoms. The van der Waals surface area contributed by atoms with Gasteiger partial charge in [0, 0.05) is 36.7 Å². The molecule has 1 heterocycles. The van der Waals surface area contributed by atoms with Crippen molar-refractivity contribution in [3.63, 3.8) is 0 Å². The Kier molecular flexibility index (Phi) is 5.92. The van der Waals surface area contributed by atoms with Crippen molar-refractivity contribution in [3.8, 4) is 0 Å². The fraction of sp³-hybridized carbons (Fsp3) is 0.286. The van der Waals surface area contributed by atoms with Gasteiger partial charge in [0.1, 0.15) is 5.58 Å². The third-order valence-electron chi connectivity index (χ3n) is 4.04. The van der Waals surface area contributed by atoms with Gasteiger partial charge in [-0.05, 0) is 29.8 Å². The van der Waals surface area contributed by atoms with Gasteiger partial charge in [-0.1, -0.05) is 44.2 Å². The molecule has 0 atom stereocenters. The molecule has 0 radical (unpaired) electrons. The average Bonchev–Trinajstić information content (AvgIpc) is 3.07. The van der Waals surface area contributed by atoms with E-state index in [0.29, 0.717) is 23.9 Å². The highest BCUT2D eigenvalue weighted by Gasteiger charge is 2.12. The van der Waals surface area contributed by atoms with Gasteiger partial charge in [-0.25, -0.2) is 0 Å². The number of nitrogens with one attached hydrogen (secondary N) is 3. The number of carbonyl (C=O) groups is 1. The molecular weight excluding hydrogens is 326 g/mol. The zero-order chi connectivity index (χ0) is 18.4. The summed E-state index contributed by atoms with van der Waals surface area (Å²) in [5.41, 5.74) is 2.92. The summed E-state index contributed by atoms with van der Waals surface area (Å²) in [6, 6.07) is 18.3. The first-order chi connectivity index (χ1) is 12.6. The van der Waals surface area contributed by atoms with E-state index < -0.39 is 0 Å². The Morgan fingerprint density at radius 3 is 2.62 bits per heavy atom. The van der Waals surface area contributed by atoms with Crippen molar-refractivity contribution in [1.82, 2.24) is 10.6 Å². The van der Waals surface area contributed by atoms with E-state index in [2.05, 4.69) is 41.9 Å². The number of hydrogen-bond acceptors (Lipinski definition) is 4. The van der Waals surface area contributed by atoms with Crippen LogP contribution in [0.1, 0.15) is 30.0 Å². The van der Waals surface area contributed by atoms with Crippen LogP contribution in [0.3, 0.4) is 0 Å². The third-order valence-corrected chi connectivity index (χ3v) is 4.04. The van der Waals surface area contributed by atoms with E-state index in [9.17, 15) is 4.79 Å². The van der Waals surface area contributed by atoms with Crippen molar-refractivity contribution in [3.05, 3.63) is 65.9 Å². The van der Waals surface area contributed by atoms with Gasteiger partial charge in [-0.3, -0.25) is 4.79 Å². The molecule has 5 nitrogen and oxygen atoms in total. The average molecular weight is 351 g/mol. The maximum absolute atomic E-state index is 12.2. The van der Waals surface area contributed by atoms with Crippen molar-refractivity contribution >= 4 is 22.6 Å². The number of hydrogen-bond donors (Lipinski definition) is 3. The molecule has 1 aromatic heterocycles. The van der Waals surface area contributed by atoms with Crippen LogP contribution in [0.4, 0.5) is 5.69 Å². The number of anilines is 1. The van der Waals surface area contributed by atoms with E-state index in [1.807, 2.05) is 36.4 Å². The molecule has 0 bridgehead atoms. The fourth-order valence-corrected chi connectivity index (χ4v) is 2.69. The summed E-state index contributed by atoms with van der Waals surface area (Å²) in [4.78, 5) is 12.2. The largest absolute Gasteiger partial charge is 0.451 e. The first-order valence-electron chi connectivity index (χ1n) is 8.95. The molecule has 5 heteroatoms. The Labute approximate surface area is 153 Å². The lowest BCUT2D eigenvalue weighted by Crippen LogP contribution is -2.34.